The summed E-state index contributed by atoms with van der Waals surface area (Å²) in [6.45, 7) is 1.89. The maximum atomic E-state index is 13.9. The highest BCUT2D eigenvalue weighted by Crippen LogP contribution is 2.45. The molecule has 11 heteroatoms. The van der Waals surface area contributed by atoms with Gasteiger partial charge in [-0.05, 0) is 42.3 Å². The number of aromatic nitrogens is 2. The number of ether oxygens (including phenoxy) is 2. The van der Waals surface area contributed by atoms with Crippen LogP contribution >= 0.6 is 11.6 Å². The smallest absolute Gasteiger partial charge is 0.410 e. The summed E-state index contributed by atoms with van der Waals surface area (Å²) in [5.41, 5.74) is 1.72. The van der Waals surface area contributed by atoms with E-state index in [9.17, 15) is 18.0 Å². The number of carbonyl (C=O) groups excluding carboxylic acids is 1. The molecule has 0 spiro atoms. The normalized spacial score (nSPS) is 19.1. The van der Waals surface area contributed by atoms with E-state index in [1.54, 1.807) is 36.4 Å². The zero-order valence-corrected chi connectivity index (χ0v) is 18.0. The van der Waals surface area contributed by atoms with Crippen molar-refractivity contribution in [2.75, 3.05) is 17.4 Å². The van der Waals surface area contributed by atoms with Crippen molar-refractivity contribution in [3.8, 4) is 11.5 Å². The average molecular weight is 479 g/mol. The molecule has 0 aliphatic carbocycles. The standard InChI is InChI=1S/C22H18ClF3N4O3/c1-11-2-4-13(7-14(11)23)27-21(31)16-9-20-28-15(8-19(22(24,25)26)30(20)29-16)12-3-5-17-18(6-12)33-10-32-17/h2-7,9,15,19,28H,8,10H2,1H3,(H,27,31)/t15-,19+/m1/s1. The fourth-order valence-electron chi connectivity index (χ4n) is 3.90. The Kier molecular flexibility index (Phi) is 5.12. The Morgan fingerprint density at radius 2 is 1.97 bits per heavy atom. The lowest BCUT2D eigenvalue weighted by Gasteiger charge is -2.33. The molecule has 3 aromatic rings. The summed E-state index contributed by atoms with van der Waals surface area (Å²) >= 11 is 6.08. The van der Waals surface area contributed by atoms with Crippen molar-refractivity contribution in [2.45, 2.75) is 31.6 Å². The molecule has 0 radical (unpaired) electrons. The molecule has 2 N–H and O–H groups in total. The van der Waals surface area contributed by atoms with E-state index in [4.69, 9.17) is 21.1 Å². The molecule has 0 fully saturated rings. The molecule has 0 saturated heterocycles. The molecular weight excluding hydrogens is 461 g/mol. The fourth-order valence-corrected chi connectivity index (χ4v) is 4.08. The minimum Gasteiger partial charge on any atom is -0.454 e. The van der Waals surface area contributed by atoms with Crippen molar-refractivity contribution in [1.29, 1.82) is 0 Å². The van der Waals surface area contributed by atoms with Gasteiger partial charge in [0.2, 0.25) is 6.79 Å². The van der Waals surface area contributed by atoms with Crippen molar-refractivity contribution in [1.82, 2.24) is 9.78 Å². The highest BCUT2D eigenvalue weighted by atomic mass is 35.5. The van der Waals surface area contributed by atoms with Crippen LogP contribution in [0, 0.1) is 6.92 Å². The quantitative estimate of drug-likeness (QED) is 0.521. The van der Waals surface area contributed by atoms with Crippen LogP contribution in [0.5, 0.6) is 11.5 Å². The monoisotopic (exact) mass is 478 g/mol. The maximum absolute atomic E-state index is 13.9. The van der Waals surface area contributed by atoms with E-state index in [1.165, 1.54) is 6.07 Å². The number of nitrogens with one attached hydrogen (secondary N) is 2. The summed E-state index contributed by atoms with van der Waals surface area (Å²) in [5, 5.41) is 10.1. The van der Waals surface area contributed by atoms with Gasteiger partial charge in [-0.1, -0.05) is 23.7 Å². The number of carbonyl (C=O) groups is 1. The maximum Gasteiger partial charge on any atom is 0.410 e. The molecule has 2 aromatic carbocycles. The van der Waals surface area contributed by atoms with Crippen LogP contribution in [0.1, 0.15) is 40.1 Å². The van der Waals surface area contributed by atoms with E-state index in [0.29, 0.717) is 27.8 Å². The molecule has 1 aromatic heterocycles. The molecule has 33 heavy (non-hydrogen) atoms. The van der Waals surface area contributed by atoms with Gasteiger partial charge >= 0.3 is 6.18 Å². The predicted molar refractivity (Wildman–Crippen MR) is 115 cm³/mol. The lowest BCUT2D eigenvalue weighted by atomic mass is 9.96. The summed E-state index contributed by atoms with van der Waals surface area (Å²) < 4.78 is 53.2. The summed E-state index contributed by atoms with van der Waals surface area (Å²) in [6, 6.07) is 8.71. The van der Waals surface area contributed by atoms with E-state index in [2.05, 4.69) is 15.7 Å². The van der Waals surface area contributed by atoms with Gasteiger partial charge in [-0.2, -0.15) is 18.3 Å². The molecule has 172 valence electrons. The number of anilines is 2. The molecule has 0 unspecified atom stereocenters. The number of nitrogens with zero attached hydrogens (tertiary/aromatic N) is 2. The van der Waals surface area contributed by atoms with Gasteiger partial charge in [0.25, 0.3) is 5.91 Å². The van der Waals surface area contributed by atoms with E-state index in [-0.39, 0.29) is 24.7 Å². The predicted octanol–water partition coefficient (Wildman–Crippen LogP) is 5.49. The zero-order chi connectivity index (χ0) is 23.3. The third-order valence-corrected chi connectivity index (χ3v) is 6.06. The number of fused-ring (bicyclic) bond motifs is 2. The van der Waals surface area contributed by atoms with Gasteiger partial charge in [0.1, 0.15) is 5.82 Å². The number of hydrogen-bond donors (Lipinski definition) is 2. The van der Waals surface area contributed by atoms with E-state index in [0.717, 1.165) is 10.2 Å². The molecule has 3 heterocycles. The van der Waals surface area contributed by atoms with Gasteiger partial charge < -0.3 is 20.1 Å². The Labute approximate surface area is 191 Å². The number of hydrogen-bond acceptors (Lipinski definition) is 5. The van der Waals surface area contributed by atoms with Crippen LogP contribution in [0.15, 0.2) is 42.5 Å². The number of aryl methyl sites for hydroxylation is 1. The fraction of sp³-hybridized carbons (Fsp3) is 0.273. The van der Waals surface area contributed by atoms with Crippen LogP contribution in [0.2, 0.25) is 5.02 Å². The molecule has 1 amide bonds. The second-order valence-corrected chi connectivity index (χ2v) is 8.29. The molecule has 7 nitrogen and oxygen atoms in total. The first-order valence-corrected chi connectivity index (χ1v) is 10.5. The number of amides is 1. The molecule has 2 atom stereocenters. The van der Waals surface area contributed by atoms with Crippen molar-refractivity contribution >= 4 is 29.0 Å². The van der Waals surface area contributed by atoms with Gasteiger partial charge in [-0.3, -0.25) is 4.79 Å². The van der Waals surface area contributed by atoms with Crippen molar-refractivity contribution < 1.29 is 27.4 Å². The Bertz CT molecular complexity index is 1240. The van der Waals surface area contributed by atoms with Gasteiger partial charge in [0, 0.05) is 23.2 Å². The van der Waals surface area contributed by atoms with Crippen molar-refractivity contribution in [3.05, 3.63) is 64.3 Å². The molecule has 0 bridgehead atoms. The van der Waals surface area contributed by atoms with E-state index in [1.807, 2.05) is 6.92 Å². The van der Waals surface area contributed by atoms with Crippen LogP contribution in [0.25, 0.3) is 0 Å². The third-order valence-electron chi connectivity index (χ3n) is 5.65. The molecule has 2 aliphatic rings. The van der Waals surface area contributed by atoms with Crippen LogP contribution in [0.4, 0.5) is 24.7 Å². The van der Waals surface area contributed by atoms with Crippen LogP contribution in [-0.4, -0.2) is 28.7 Å². The zero-order valence-electron chi connectivity index (χ0n) is 17.2. The number of alkyl halides is 3. The molecular formula is C22H18ClF3N4O3. The second kappa shape index (κ2) is 7.87. The van der Waals surface area contributed by atoms with Gasteiger partial charge in [-0.25, -0.2) is 4.68 Å². The van der Waals surface area contributed by atoms with E-state index >= 15 is 0 Å². The van der Waals surface area contributed by atoms with Crippen LogP contribution < -0.4 is 20.1 Å². The van der Waals surface area contributed by atoms with E-state index < -0.39 is 24.2 Å². The number of benzene rings is 2. The minimum atomic E-state index is -4.56. The summed E-state index contributed by atoms with van der Waals surface area (Å²) in [5.74, 6) is 0.480. The summed E-state index contributed by atoms with van der Waals surface area (Å²) in [7, 11) is 0. The summed E-state index contributed by atoms with van der Waals surface area (Å²) in [6.07, 6.45) is -4.86. The molecule has 5 rings (SSSR count). The first kappa shape index (κ1) is 21.4. The first-order valence-electron chi connectivity index (χ1n) is 10.1. The number of rotatable bonds is 3. The SMILES string of the molecule is Cc1ccc(NC(=O)c2cc3n(n2)[C@H](C(F)(F)F)C[C@H](c2ccc4c(c2)OCO4)N3)cc1Cl. The van der Waals surface area contributed by atoms with Gasteiger partial charge in [0.05, 0.1) is 6.04 Å². The van der Waals surface area contributed by atoms with Crippen LogP contribution in [-0.2, 0) is 0 Å². The Morgan fingerprint density at radius 1 is 1.18 bits per heavy atom. The Balaban J connectivity index is 1.44. The topological polar surface area (TPSA) is 77.4 Å². The second-order valence-electron chi connectivity index (χ2n) is 7.88. The lowest BCUT2D eigenvalue weighted by molar-refractivity contribution is -0.173. The first-order chi connectivity index (χ1) is 15.7. The van der Waals surface area contributed by atoms with Gasteiger partial charge in [-0.15, -0.1) is 0 Å². The largest absolute Gasteiger partial charge is 0.454 e. The van der Waals surface area contributed by atoms with Crippen molar-refractivity contribution in [2.24, 2.45) is 0 Å². The number of halogens is 4. The lowest BCUT2D eigenvalue weighted by Crippen LogP contribution is -2.35. The Hall–Kier alpha value is -3.40. The molecule has 2 aliphatic heterocycles. The van der Waals surface area contributed by atoms with Gasteiger partial charge in [0.15, 0.2) is 23.2 Å². The highest BCUT2D eigenvalue weighted by molar-refractivity contribution is 6.31. The summed E-state index contributed by atoms with van der Waals surface area (Å²) in [4.78, 5) is 12.7. The highest BCUT2D eigenvalue weighted by Gasteiger charge is 2.47. The van der Waals surface area contributed by atoms with Crippen molar-refractivity contribution in [3.63, 3.8) is 0 Å². The average Bonchev–Trinajstić information content (AvgIpc) is 3.41. The Morgan fingerprint density at radius 3 is 2.73 bits per heavy atom. The van der Waals surface area contributed by atoms with Crippen LogP contribution in [0.3, 0.4) is 0 Å². The molecule has 0 saturated carbocycles. The minimum absolute atomic E-state index is 0.0689. The third kappa shape index (κ3) is 4.06.